The molecule has 1 aromatic heterocycles. The summed E-state index contributed by atoms with van der Waals surface area (Å²) in [6.07, 6.45) is 3.06. The Morgan fingerprint density at radius 2 is 2.24 bits per heavy atom. The number of anilines is 1. The number of benzene rings is 1. The van der Waals surface area contributed by atoms with Crippen LogP contribution in [0.4, 0.5) is 10.1 Å². The SMILES string of the molecule is Cn1cc(N2CC[C@](O)(C(=O)NCc3cc(F)cc(Cl)c3)C2=O)cn1. The van der Waals surface area contributed by atoms with Crippen molar-refractivity contribution in [2.45, 2.75) is 18.6 Å². The predicted octanol–water partition coefficient (Wildman–Crippen LogP) is 0.997. The Morgan fingerprint density at radius 3 is 2.88 bits per heavy atom. The first-order valence-corrected chi connectivity index (χ1v) is 7.93. The number of rotatable bonds is 4. The zero-order valence-corrected chi connectivity index (χ0v) is 14.1. The molecule has 2 aromatic rings. The summed E-state index contributed by atoms with van der Waals surface area (Å²) in [5.41, 5.74) is -1.22. The zero-order valence-electron chi connectivity index (χ0n) is 13.4. The maximum absolute atomic E-state index is 13.3. The lowest BCUT2D eigenvalue weighted by atomic mass is 10.0. The molecule has 1 saturated heterocycles. The van der Waals surface area contributed by atoms with Gasteiger partial charge in [-0.3, -0.25) is 14.3 Å². The smallest absolute Gasteiger partial charge is 0.268 e. The third kappa shape index (κ3) is 3.35. The summed E-state index contributed by atoms with van der Waals surface area (Å²) in [5, 5.41) is 17.2. The van der Waals surface area contributed by atoms with Gasteiger partial charge in [0.15, 0.2) is 0 Å². The van der Waals surface area contributed by atoms with Crippen molar-refractivity contribution in [3.05, 3.63) is 47.0 Å². The number of halogens is 2. The molecule has 2 amide bonds. The van der Waals surface area contributed by atoms with Crippen molar-refractivity contribution in [1.82, 2.24) is 15.1 Å². The molecule has 3 rings (SSSR count). The highest BCUT2D eigenvalue weighted by atomic mass is 35.5. The van der Waals surface area contributed by atoms with Gasteiger partial charge in [0.25, 0.3) is 11.8 Å². The van der Waals surface area contributed by atoms with Gasteiger partial charge in [0.05, 0.1) is 11.9 Å². The maximum atomic E-state index is 13.3. The van der Waals surface area contributed by atoms with Crippen molar-refractivity contribution in [2.75, 3.05) is 11.4 Å². The molecule has 1 aliphatic rings. The fourth-order valence-electron chi connectivity index (χ4n) is 2.75. The Bertz CT molecular complexity index is 820. The first-order valence-electron chi connectivity index (χ1n) is 7.56. The van der Waals surface area contributed by atoms with E-state index in [1.54, 1.807) is 13.2 Å². The van der Waals surface area contributed by atoms with E-state index in [0.29, 0.717) is 11.3 Å². The Morgan fingerprint density at radius 1 is 1.48 bits per heavy atom. The first kappa shape index (κ1) is 17.4. The average Bonchev–Trinajstić information content (AvgIpc) is 3.09. The van der Waals surface area contributed by atoms with Gasteiger partial charge in [0, 0.05) is 37.8 Å². The Hall–Kier alpha value is -2.45. The molecule has 1 aliphatic heterocycles. The summed E-state index contributed by atoms with van der Waals surface area (Å²) in [4.78, 5) is 26.2. The maximum Gasteiger partial charge on any atom is 0.268 e. The number of carbonyl (C=O) groups excluding carboxylic acids is 2. The van der Waals surface area contributed by atoms with Crippen LogP contribution < -0.4 is 10.2 Å². The molecular formula is C16H16ClFN4O3. The third-order valence-electron chi connectivity index (χ3n) is 4.05. The highest BCUT2D eigenvalue weighted by Gasteiger charge is 2.51. The van der Waals surface area contributed by atoms with E-state index in [9.17, 15) is 19.1 Å². The van der Waals surface area contributed by atoms with Crippen LogP contribution in [0.1, 0.15) is 12.0 Å². The standard InChI is InChI=1S/C16H16ClFN4O3/c1-21-9-13(8-20-21)22-3-2-16(25,15(22)24)14(23)19-7-10-4-11(17)6-12(18)5-10/h4-6,8-9,25H,2-3,7H2,1H3,(H,19,23)/t16-/m0/s1. The molecule has 1 atom stereocenters. The number of hydrogen-bond acceptors (Lipinski definition) is 4. The van der Waals surface area contributed by atoms with Crippen LogP contribution >= 0.6 is 11.6 Å². The Balaban J connectivity index is 1.70. The molecule has 0 radical (unpaired) electrons. The monoisotopic (exact) mass is 366 g/mol. The van der Waals surface area contributed by atoms with Crippen LogP contribution in [0.5, 0.6) is 0 Å². The van der Waals surface area contributed by atoms with Crippen molar-refractivity contribution in [2.24, 2.45) is 7.05 Å². The van der Waals surface area contributed by atoms with Gasteiger partial charge < -0.3 is 15.3 Å². The third-order valence-corrected chi connectivity index (χ3v) is 4.27. The Kier molecular flexibility index (Phi) is 4.49. The minimum Gasteiger partial charge on any atom is -0.372 e. The molecule has 1 aromatic carbocycles. The van der Waals surface area contributed by atoms with E-state index in [1.807, 2.05) is 0 Å². The zero-order chi connectivity index (χ0) is 18.2. The van der Waals surface area contributed by atoms with Crippen LogP contribution in [0, 0.1) is 5.82 Å². The quantitative estimate of drug-likeness (QED) is 0.790. The van der Waals surface area contributed by atoms with E-state index < -0.39 is 23.2 Å². The normalized spacial score (nSPS) is 20.2. The summed E-state index contributed by atoms with van der Waals surface area (Å²) in [6, 6.07) is 3.86. The van der Waals surface area contributed by atoms with E-state index in [-0.39, 0.29) is 24.5 Å². The summed E-state index contributed by atoms with van der Waals surface area (Å²) in [5.74, 6) is -2.07. The van der Waals surface area contributed by atoms with Crippen LogP contribution in [0.2, 0.25) is 5.02 Å². The van der Waals surface area contributed by atoms with Gasteiger partial charge in [-0.05, 0) is 23.8 Å². The number of aliphatic hydroxyl groups is 1. The van der Waals surface area contributed by atoms with Crippen molar-refractivity contribution < 1.29 is 19.1 Å². The number of hydrogen-bond donors (Lipinski definition) is 2. The number of nitrogens with one attached hydrogen (secondary N) is 1. The van der Waals surface area contributed by atoms with Gasteiger partial charge >= 0.3 is 0 Å². The van der Waals surface area contributed by atoms with Crippen LogP contribution in [0.15, 0.2) is 30.6 Å². The van der Waals surface area contributed by atoms with Crippen molar-refractivity contribution >= 4 is 29.1 Å². The highest BCUT2D eigenvalue weighted by molar-refractivity contribution is 6.30. The second-order valence-electron chi connectivity index (χ2n) is 5.90. The number of aromatic nitrogens is 2. The van der Waals surface area contributed by atoms with Crippen molar-refractivity contribution in [3.8, 4) is 0 Å². The molecule has 0 saturated carbocycles. The molecule has 0 aliphatic carbocycles. The second kappa shape index (κ2) is 6.45. The number of carbonyl (C=O) groups is 2. The van der Waals surface area contributed by atoms with Crippen LogP contribution in [-0.4, -0.2) is 38.8 Å². The molecule has 132 valence electrons. The van der Waals surface area contributed by atoms with Gasteiger partial charge in [0.1, 0.15) is 5.82 Å². The summed E-state index contributed by atoms with van der Waals surface area (Å²) < 4.78 is 14.8. The summed E-state index contributed by atoms with van der Waals surface area (Å²) in [6.45, 7) is 0.138. The van der Waals surface area contributed by atoms with E-state index in [1.165, 1.54) is 27.9 Å². The predicted molar refractivity (Wildman–Crippen MR) is 88.4 cm³/mol. The fourth-order valence-corrected chi connectivity index (χ4v) is 3.00. The lowest BCUT2D eigenvalue weighted by Gasteiger charge is -2.21. The van der Waals surface area contributed by atoms with E-state index in [2.05, 4.69) is 10.4 Å². The molecule has 0 bridgehead atoms. The number of aryl methyl sites for hydroxylation is 1. The minimum absolute atomic E-state index is 0.0452. The molecule has 9 heteroatoms. The summed E-state index contributed by atoms with van der Waals surface area (Å²) in [7, 11) is 1.70. The van der Waals surface area contributed by atoms with Crippen molar-refractivity contribution in [1.29, 1.82) is 0 Å². The first-order chi connectivity index (χ1) is 11.8. The lowest BCUT2D eigenvalue weighted by Crippen LogP contribution is -2.52. The molecule has 7 nitrogen and oxygen atoms in total. The molecule has 2 N–H and O–H groups in total. The molecule has 0 spiro atoms. The van der Waals surface area contributed by atoms with Crippen molar-refractivity contribution in [3.63, 3.8) is 0 Å². The van der Waals surface area contributed by atoms with Gasteiger partial charge in [-0.1, -0.05) is 11.6 Å². The van der Waals surface area contributed by atoms with Crippen LogP contribution in [0.25, 0.3) is 0 Å². The van der Waals surface area contributed by atoms with E-state index in [4.69, 9.17) is 11.6 Å². The highest BCUT2D eigenvalue weighted by Crippen LogP contribution is 2.28. The Labute approximate surface area is 148 Å². The molecular weight excluding hydrogens is 351 g/mol. The van der Waals surface area contributed by atoms with Gasteiger partial charge in [-0.2, -0.15) is 5.10 Å². The lowest BCUT2D eigenvalue weighted by molar-refractivity contribution is -0.149. The molecule has 2 heterocycles. The van der Waals surface area contributed by atoms with Gasteiger partial charge in [0.2, 0.25) is 5.60 Å². The van der Waals surface area contributed by atoms with Crippen LogP contribution in [0.3, 0.4) is 0 Å². The average molecular weight is 367 g/mol. The number of nitrogens with zero attached hydrogens (tertiary/aromatic N) is 3. The topological polar surface area (TPSA) is 87.5 Å². The summed E-state index contributed by atoms with van der Waals surface area (Å²) >= 11 is 5.76. The number of amides is 2. The van der Waals surface area contributed by atoms with Gasteiger partial charge in [-0.25, -0.2) is 4.39 Å². The minimum atomic E-state index is -2.16. The second-order valence-corrected chi connectivity index (χ2v) is 6.34. The molecule has 0 unspecified atom stereocenters. The molecule has 25 heavy (non-hydrogen) atoms. The molecule has 1 fully saturated rings. The van der Waals surface area contributed by atoms with E-state index >= 15 is 0 Å². The fraction of sp³-hybridized carbons (Fsp3) is 0.312. The largest absolute Gasteiger partial charge is 0.372 e. The van der Waals surface area contributed by atoms with Crippen LogP contribution in [-0.2, 0) is 23.2 Å². The van der Waals surface area contributed by atoms with Gasteiger partial charge in [-0.15, -0.1) is 0 Å². The van der Waals surface area contributed by atoms with E-state index in [0.717, 1.165) is 6.07 Å².